The Balaban J connectivity index is 2.62. The number of fused-ring (bicyclic) bond motifs is 1. The fraction of sp³-hybridized carbons (Fsp3) is 0.364. The number of nitrogens with zero attached hydrogens (tertiary/aromatic N) is 1. The van der Waals surface area contributed by atoms with Crippen molar-refractivity contribution >= 4 is 39.2 Å². The summed E-state index contributed by atoms with van der Waals surface area (Å²) in [5, 5.41) is 0. The van der Waals surface area contributed by atoms with Gasteiger partial charge in [0, 0.05) is 11.6 Å². The fourth-order valence-electron chi connectivity index (χ4n) is 1.85. The Morgan fingerprint density at radius 3 is 3.00 bits per heavy atom. The van der Waals surface area contributed by atoms with Gasteiger partial charge < -0.3 is 14.3 Å². The largest absolute Gasteiger partial charge is 0.383 e. The number of rotatable bonds is 3. The molecule has 0 saturated heterocycles. The molecule has 0 spiro atoms. The van der Waals surface area contributed by atoms with E-state index in [1.54, 1.807) is 7.11 Å². The van der Waals surface area contributed by atoms with Gasteiger partial charge in [-0.2, -0.15) is 0 Å². The number of aromatic nitrogens is 2. The number of hydrogen-bond donors (Lipinski definition) is 1. The summed E-state index contributed by atoms with van der Waals surface area (Å²) in [5.41, 5.74) is 2.15. The third-order valence-electron chi connectivity index (χ3n) is 2.53. The van der Waals surface area contributed by atoms with E-state index >= 15 is 0 Å². The average Bonchev–Trinajstić information content (AvgIpc) is 2.53. The molecule has 0 aliphatic carbocycles. The molecular weight excluding hydrogens is 288 g/mol. The van der Waals surface area contributed by atoms with Crippen LogP contribution in [0.3, 0.4) is 0 Å². The van der Waals surface area contributed by atoms with Gasteiger partial charge in [0.2, 0.25) is 0 Å². The lowest BCUT2D eigenvalue weighted by Crippen LogP contribution is -2.10. The molecule has 0 amide bonds. The van der Waals surface area contributed by atoms with Crippen molar-refractivity contribution < 1.29 is 4.74 Å². The molecule has 3 nitrogen and oxygen atoms in total. The summed E-state index contributed by atoms with van der Waals surface area (Å²) in [6.07, 6.45) is 0. The van der Waals surface area contributed by atoms with Crippen molar-refractivity contribution in [1.29, 1.82) is 0 Å². The molecule has 86 valence electrons. The van der Waals surface area contributed by atoms with Gasteiger partial charge in [-0.1, -0.05) is 15.9 Å². The molecular formula is C11H13BrN2OS. The number of H-pyrrole nitrogens is 1. The zero-order chi connectivity index (χ0) is 11.7. The summed E-state index contributed by atoms with van der Waals surface area (Å²) in [6.45, 7) is 2.74. The lowest BCUT2D eigenvalue weighted by Gasteiger charge is -2.13. The molecule has 0 bridgehead atoms. The van der Waals surface area contributed by atoms with E-state index in [-0.39, 0.29) is 6.04 Å². The zero-order valence-corrected chi connectivity index (χ0v) is 11.6. The predicted octanol–water partition coefficient (Wildman–Crippen LogP) is 3.67. The fourth-order valence-corrected chi connectivity index (χ4v) is 2.59. The van der Waals surface area contributed by atoms with E-state index < -0.39 is 0 Å². The van der Waals surface area contributed by atoms with Gasteiger partial charge >= 0.3 is 0 Å². The minimum absolute atomic E-state index is 0.223. The number of imidazole rings is 1. The van der Waals surface area contributed by atoms with E-state index in [1.807, 2.05) is 12.1 Å². The number of nitrogens with one attached hydrogen (secondary N) is 1. The quantitative estimate of drug-likeness (QED) is 0.877. The van der Waals surface area contributed by atoms with Crippen LogP contribution in [-0.4, -0.2) is 23.3 Å². The van der Waals surface area contributed by atoms with Crippen molar-refractivity contribution in [1.82, 2.24) is 9.55 Å². The summed E-state index contributed by atoms with van der Waals surface area (Å²) in [4.78, 5) is 3.19. The zero-order valence-electron chi connectivity index (χ0n) is 9.16. The summed E-state index contributed by atoms with van der Waals surface area (Å²) in [6, 6.07) is 6.30. The number of ether oxygens (including phenoxy) is 1. The molecule has 0 radical (unpaired) electrons. The molecule has 1 heterocycles. The first kappa shape index (κ1) is 11.8. The molecule has 1 unspecified atom stereocenters. The van der Waals surface area contributed by atoms with Crippen LogP contribution < -0.4 is 0 Å². The summed E-state index contributed by atoms with van der Waals surface area (Å²) in [7, 11) is 1.70. The lowest BCUT2D eigenvalue weighted by molar-refractivity contribution is 0.163. The number of halogens is 1. The van der Waals surface area contributed by atoms with E-state index in [0.29, 0.717) is 6.61 Å². The highest BCUT2D eigenvalue weighted by molar-refractivity contribution is 9.10. The van der Waals surface area contributed by atoms with Gasteiger partial charge in [-0.3, -0.25) is 0 Å². The van der Waals surface area contributed by atoms with Gasteiger partial charge in [0.25, 0.3) is 0 Å². The number of methoxy groups -OCH3 is 1. The maximum absolute atomic E-state index is 5.32. The molecule has 0 saturated carbocycles. The molecule has 1 atom stereocenters. The summed E-state index contributed by atoms with van der Waals surface area (Å²) >= 11 is 8.79. The number of benzene rings is 1. The van der Waals surface area contributed by atoms with E-state index in [1.165, 1.54) is 0 Å². The van der Waals surface area contributed by atoms with Crippen LogP contribution in [0.2, 0.25) is 0 Å². The van der Waals surface area contributed by atoms with E-state index in [0.717, 1.165) is 20.3 Å². The third kappa shape index (κ3) is 2.07. The molecule has 1 aromatic heterocycles. The second-order valence-electron chi connectivity index (χ2n) is 3.77. The van der Waals surface area contributed by atoms with Crippen molar-refractivity contribution in [2.75, 3.05) is 13.7 Å². The molecule has 1 N–H and O–H groups in total. The molecule has 0 aliphatic rings. The van der Waals surface area contributed by atoms with Crippen molar-refractivity contribution in [3.8, 4) is 0 Å². The van der Waals surface area contributed by atoms with Crippen LogP contribution in [-0.2, 0) is 4.74 Å². The van der Waals surface area contributed by atoms with Crippen LogP contribution in [0.25, 0.3) is 11.0 Å². The Labute approximate surface area is 108 Å². The van der Waals surface area contributed by atoms with Crippen LogP contribution in [0, 0.1) is 4.77 Å². The predicted molar refractivity (Wildman–Crippen MR) is 71.4 cm³/mol. The highest BCUT2D eigenvalue weighted by Gasteiger charge is 2.10. The van der Waals surface area contributed by atoms with Gasteiger partial charge in [-0.05, 0) is 37.3 Å². The van der Waals surface area contributed by atoms with Crippen LogP contribution in [0.4, 0.5) is 0 Å². The maximum atomic E-state index is 5.32. The van der Waals surface area contributed by atoms with E-state index in [9.17, 15) is 0 Å². The third-order valence-corrected chi connectivity index (χ3v) is 3.32. The van der Waals surface area contributed by atoms with E-state index in [2.05, 4.69) is 38.5 Å². The molecule has 0 aliphatic heterocycles. The Morgan fingerprint density at radius 1 is 1.56 bits per heavy atom. The second-order valence-corrected chi connectivity index (χ2v) is 5.07. The van der Waals surface area contributed by atoms with Crippen LogP contribution in [0.1, 0.15) is 13.0 Å². The molecule has 16 heavy (non-hydrogen) atoms. The van der Waals surface area contributed by atoms with Crippen LogP contribution in [0.15, 0.2) is 22.7 Å². The SMILES string of the molecule is COCC(C)n1c(=S)[nH]c2ccc(Br)cc21. The van der Waals surface area contributed by atoms with Crippen molar-refractivity contribution in [2.45, 2.75) is 13.0 Å². The molecule has 0 fully saturated rings. The highest BCUT2D eigenvalue weighted by atomic mass is 79.9. The average molecular weight is 301 g/mol. The molecule has 1 aromatic carbocycles. The van der Waals surface area contributed by atoms with Crippen molar-refractivity contribution in [2.24, 2.45) is 0 Å². The van der Waals surface area contributed by atoms with Crippen LogP contribution >= 0.6 is 28.1 Å². The Morgan fingerprint density at radius 2 is 2.31 bits per heavy atom. The standard InChI is InChI=1S/C11H13BrN2OS/c1-7(6-15-2)14-10-5-8(12)3-4-9(10)13-11(14)16/h3-5,7H,6H2,1-2H3,(H,13,16). The van der Waals surface area contributed by atoms with Crippen molar-refractivity contribution in [3.05, 3.63) is 27.4 Å². The van der Waals surface area contributed by atoms with Gasteiger partial charge in [-0.15, -0.1) is 0 Å². The van der Waals surface area contributed by atoms with Gasteiger partial charge in [0.05, 0.1) is 23.7 Å². The summed E-state index contributed by atoms with van der Waals surface area (Å²) in [5.74, 6) is 0. The van der Waals surface area contributed by atoms with E-state index in [4.69, 9.17) is 17.0 Å². The molecule has 5 heteroatoms. The molecule has 2 rings (SSSR count). The van der Waals surface area contributed by atoms with Gasteiger partial charge in [-0.25, -0.2) is 0 Å². The van der Waals surface area contributed by atoms with Crippen molar-refractivity contribution in [3.63, 3.8) is 0 Å². The Hall–Kier alpha value is -0.650. The molecule has 2 aromatic rings. The van der Waals surface area contributed by atoms with Crippen LogP contribution in [0.5, 0.6) is 0 Å². The normalized spacial score (nSPS) is 13.2. The topological polar surface area (TPSA) is 29.9 Å². The first-order valence-corrected chi connectivity index (χ1v) is 6.22. The summed E-state index contributed by atoms with van der Waals surface area (Å²) < 4.78 is 9.03. The monoisotopic (exact) mass is 300 g/mol. The second kappa shape index (κ2) is 4.69. The van der Waals surface area contributed by atoms with Gasteiger partial charge in [0.15, 0.2) is 4.77 Å². The first-order chi connectivity index (χ1) is 7.63. The smallest absolute Gasteiger partial charge is 0.178 e. The Bertz CT molecular complexity index is 561. The lowest BCUT2D eigenvalue weighted by atomic mass is 10.3. The minimum atomic E-state index is 0.223. The van der Waals surface area contributed by atoms with Gasteiger partial charge in [0.1, 0.15) is 0 Å². The highest BCUT2D eigenvalue weighted by Crippen LogP contribution is 2.22. The number of aromatic amines is 1. The maximum Gasteiger partial charge on any atom is 0.178 e. The minimum Gasteiger partial charge on any atom is -0.383 e. The first-order valence-electron chi connectivity index (χ1n) is 5.02. The number of hydrogen-bond acceptors (Lipinski definition) is 2. The Kier molecular flexibility index (Phi) is 3.47.